The Hall–Kier alpha value is -2.31. The molecule has 0 radical (unpaired) electrons. The van der Waals surface area contributed by atoms with Gasteiger partial charge >= 0.3 is 0 Å². The first kappa shape index (κ1) is 12.7. The molecule has 0 atom stereocenters. The van der Waals surface area contributed by atoms with Crippen molar-refractivity contribution in [2.24, 2.45) is 0 Å². The van der Waals surface area contributed by atoms with Crippen molar-refractivity contribution >= 4 is 11.8 Å². The van der Waals surface area contributed by atoms with Crippen LogP contribution in [0.4, 0.5) is 11.8 Å². The number of aromatic nitrogens is 4. The summed E-state index contributed by atoms with van der Waals surface area (Å²) in [5, 5.41) is 4.28. The largest absolute Gasteiger partial charge is 0.481 e. The van der Waals surface area contributed by atoms with Crippen LogP contribution in [0.2, 0.25) is 0 Å². The van der Waals surface area contributed by atoms with Crippen molar-refractivity contribution in [1.82, 2.24) is 19.7 Å². The van der Waals surface area contributed by atoms with E-state index in [1.54, 1.807) is 19.4 Å². The highest BCUT2D eigenvalue weighted by Gasteiger charge is 2.22. The van der Waals surface area contributed by atoms with Gasteiger partial charge in [-0.05, 0) is 18.9 Å². The van der Waals surface area contributed by atoms with Crippen molar-refractivity contribution in [3.05, 3.63) is 24.5 Å². The summed E-state index contributed by atoms with van der Waals surface area (Å²) in [6.45, 7) is 1.80. The van der Waals surface area contributed by atoms with Gasteiger partial charge in [-0.1, -0.05) is 0 Å². The first-order valence-electron chi connectivity index (χ1n) is 6.69. The van der Waals surface area contributed by atoms with Gasteiger partial charge in [0, 0.05) is 31.5 Å². The third-order valence-corrected chi connectivity index (χ3v) is 3.58. The van der Waals surface area contributed by atoms with E-state index in [1.807, 2.05) is 16.9 Å². The molecule has 106 valence electrons. The predicted octanol–water partition coefficient (Wildman–Crippen LogP) is 1.11. The second kappa shape index (κ2) is 5.36. The summed E-state index contributed by atoms with van der Waals surface area (Å²) in [4.78, 5) is 10.8. The molecular weight excluding hydrogens is 256 g/mol. The maximum Gasteiger partial charge on any atom is 0.228 e. The Morgan fingerprint density at radius 1 is 1.30 bits per heavy atom. The monoisotopic (exact) mass is 274 g/mol. The van der Waals surface area contributed by atoms with Gasteiger partial charge < -0.3 is 15.4 Å². The summed E-state index contributed by atoms with van der Waals surface area (Å²) in [6.07, 6.45) is 5.67. The molecule has 1 fully saturated rings. The van der Waals surface area contributed by atoms with Crippen LogP contribution in [0.25, 0.3) is 0 Å². The van der Waals surface area contributed by atoms with Crippen LogP contribution >= 0.6 is 0 Å². The van der Waals surface area contributed by atoms with Gasteiger partial charge in [0.05, 0.1) is 13.2 Å². The third kappa shape index (κ3) is 2.52. The average molecular weight is 274 g/mol. The fourth-order valence-corrected chi connectivity index (χ4v) is 2.48. The van der Waals surface area contributed by atoms with Crippen LogP contribution in [0.15, 0.2) is 24.5 Å². The van der Waals surface area contributed by atoms with Crippen molar-refractivity contribution in [2.75, 3.05) is 30.8 Å². The molecule has 1 aliphatic heterocycles. The lowest BCUT2D eigenvalue weighted by atomic mass is 10.1. The summed E-state index contributed by atoms with van der Waals surface area (Å²) < 4.78 is 7.09. The Balaban J connectivity index is 1.66. The lowest BCUT2D eigenvalue weighted by molar-refractivity contribution is 0.363. The van der Waals surface area contributed by atoms with Crippen LogP contribution in [-0.2, 0) is 0 Å². The quantitative estimate of drug-likeness (QED) is 0.902. The van der Waals surface area contributed by atoms with Gasteiger partial charge in [-0.25, -0.2) is 4.98 Å². The second-order valence-electron chi connectivity index (χ2n) is 4.84. The first-order valence-corrected chi connectivity index (χ1v) is 6.69. The molecule has 3 rings (SSSR count). The highest BCUT2D eigenvalue weighted by atomic mass is 16.5. The van der Waals surface area contributed by atoms with Crippen LogP contribution in [0.1, 0.15) is 18.9 Å². The zero-order valence-corrected chi connectivity index (χ0v) is 11.4. The van der Waals surface area contributed by atoms with Crippen LogP contribution in [0.5, 0.6) is 5.88 Å². The number of methoxy groups -OCH3 is 1. The molecule has 1 aliphatic rings. The molecule has 7 heteroatoms. The van der Waals surface area contributed by atoms with Crippen LogP contribution in [0, 0.1) is 0 Å². The van der Waals surface area contributed by atoms with Crippen molar-refractivity contribution in [2.45, 2.75) is 18.9 Å². The molecule has 2 aromatic heterocycles. The zero-order chi connectivity index (χ0) is 13.9. The number of anilines is 2. The fraction of sp³-hybridized carbons (Fsp3) is 0.462. The van der Waals surface area contributed by atoms with E-state index in [9.17, 15) is 0 Å². The van der Waals surface area contributed by atoms with Gasteiger partial charge in [-0.3, -0.25) is 4.68 Å². The normalized spacial score (nSPS) is 16.4. The summed E-state index contributed by atoms with van der Waals surface area (Å²) in [5.41, 5.74) is 5.66. The fourth-order valence-electron chi connectivity index (χ4n) is 2.48. The Morgan fingerprint density at radius 3 is 2.75 bits per heavy atom. The number of rotatable bonds is 3. The van der Waals surface area contributed by atoms with E-state index in [0.717, 1.165) is 31.9 Å². The third-order valence-electron chi connectivity index (χ3n) is 3.58. The Labute approximate surface area is 117 Å². The topological polar surface area (TPSA) is 82.1 Å². The van der Waals surface area contributed by atoms with Crippen LogP contribution < -0.4 is 15.4 Å². The van der Waals surface area contributed by atoms with Crippen molar-refractivity contribution in [3.8, 4) is 5.88 Å². The zero-order valence-electron chi connectivity index (χ0n) is 11.4. The molecule has 0 bridgehead atoms. The van der Waals surface area contributed by atoms with Crippen LogP contribution in [0.3, 0.4) is 0 Å². The molecule has 3 heterocycles. The SMILES string of the molecule is COc1ccnc(N2CCC(n3ccc(N)n3)CC2)n1. The van der Waals surface area contributed by atoms with E-state index < -0.39 is 0 Å². The molecule has 0 spiro atoms. The second-order valence-corrected chi connectivity index (χ2v) is 4.84. The number of piperidine rings is 1. The molecule has 0 amide bonds. The first-order chi connectivity index (χ1) is 9.76. The van der Waals surface area contributed by atoms with Crippen molar-refractivity contribution in [3.63, 3.8) is 0 Å². The van der Waals surface area contributed by atoms with E-state index in [-0.39, 0.29) is 0 Å². The van der Waals surface area contributed by atoms with E-state index >= 15 is 0 Å². The molecule has 1 saturated heterocycles. The maximum absolute atomic E-state index is 5.66. The number of nitrogens with two attached hydrogens (primary N) is 1. The van der Waals surface area contributed by atoms with Gasteiger partial charge in [0.25, 0.3) is 0 Å². The number of nitrogen functional groups attached to an aromatic ring is 1. The molecule has 0 aliphatic carbocycles. The van der Waals surface area contributed by atoms with E-state index in [0.29, 0.717) is 17.7 Å². The lowest BCUT2D eigenvalue weighted by Gasteiger charge is -2.32. The van der Waals surface area contributed by atoms with E-state index in [2.05, 4.69) is 20.0 Å². The Morgan fingerprint density at radius 2 is 2.10 bits per heavy atom. The van der Waals surface area contributed by atoms with Crippen molar-refractivity contribution in [1.29, 1.82) is 0 Å². The van der Waals surface area contributed by atoms with E-state index in [4.69, 9.17) is 10.5 Å². The molecule has 0 saturated carbocycles. The Bertz CT molecular complexity index is 576. The molecule has 0 aromatic carbocycles. The maximum atomic E-state index is 5.66. The summed E-state index contributed by atoms with van der Waals surface area (Å²) >= 11 is 0. The van der Waals surface area contributed by atoms with Gasteiger partial charge in [0.15, 0.2) is 0 Å². The van der Waals surface area contributed by atoms with Gasteiger partial charge in [-0.2, -0.15) is 10.1 Å². The van der Waals surface area contributed by atoms with Crippen molar-refractivity contribution < 1.29 is 4.74 Å². The molecule has 2 N–H and O–H groups in total. The standard InChI is InChI=1S/C13H18N6O/c1-20-12-2-6-15-13(16-12)18-7-3-10(4-8-18)19-9-5-11(14)17-19/h2,5-6,9-10H,3-4,7-8H2,1H3,(H2,14,17). The number of ether oxygens (including phenoxy) is 1. The minimum atomic E-state index is 0.397. The van der Waals surface area contributed by atoms with E-state index in [1.165, 1.54) is 0 Å². The summed E-state index contributed by atoms with van der Waals surface area (Å²) in [5.74, 6) is 1.89. The molecule has 2 aromatic rings. The Kier molecular flexibility index (Phi) is 3.41. The minimum Gasteiger partial charge on any atom is -0.481 e. The lowest BCUT2D eigenvalue weighted by Crippen LogP contribution is -2.35. The highest BCUT2D eigenvalue weighted by Crippen LogP contribution is 2.25. The van der Waals surface area contributed by atoms with Crippen LogP contribution in [-0.4, -0.2) is 39.9 Å². The average Bonchev–Trinajstić information content (AvgIpc) is 2.94. The van der Waals surface area contributed by atoms with Gasteiger partial charge in [-0.15, -0.1) is 0 Å². The summed E-state index contributed by atoms with van der Waals surface area (Å²) in [7, 11) is 1.61. The number of hydrogen-bond acceptors (Lipinski definition) is 6. The number of hydrogen-bond donors (Lipinski definition) is 1. The molecular formula is C13H18N6O. The minimum absolute atomic E-state index is 0.397. The molecule has 0 unspecified atom stereocenters. The number of nitrogens with zero attached hydrogens (tertiary/aromatic N) is 5. The predicted molar refractivity (Wildman–Crippen MR) is 75.7 cm³/mol. The molecule has 20 heavy (non-hydrogen) atoms. The smallest absolute Gasteiger partial charge is 0.228 e. The van der Waals surface area contributed by atoms with Gasteiger partial charge in [0.2, 0.25) is 11.8 Å². The summed E-state index contributed by atoms with van der Waals surface area (Å²) in [6, 6.07) is 3.98. The highest BCUT2D eigenvalue weighted by molar-refractivity contribution is 5.32. The molecule has 7 nitrogen and oxygen atoms in total. The van der Waals surface area contributed by atoms with Gasteiger partial charge in [0.1, 0.15) is 5.82 Å².